The average molecular weight is 259 g/mol. The van der Waals surface area contributed by atoms with E-state index >= 15 is 0 Å². The lowest BCUT2D eigenvalue weighted by atomic mass is 9.74. The predicted molar refractivity (Wildman–Crippen MR) is 56.6 cm³/mol. The summed E-state index contributed by atoms with van der Waals surface area (Å²) in [4.78, 5) is 0. The van der Waals surface area contributed by atoms with Crippen LogP contribution in [0, 0.1) is 12.7 Å². The lowest BCUT2D eigenvalue weighted by Crippen LogP contribution is -2.34. The molecule has 1 fully saturated rings. The highest BCUT2D eigenvalue weighted by atomic mass is 79.9. The zero-order valence-corrected chi connectivity index (χ0v) is 9.57. The Labute approximate surface area is 91.1 Å². The summed E-state index contributed by atoms with van der Waals surface area (Å²) in [6.07, 6.45) is 2.61. The van der Waals surface area contributed by atoms with Crippen LogP contribution in [-0.4, -0.2) is 5.11 Å². The molecule has 1 aliphatic carbocycles. The van der Waals surface area contributed by atoms with E-state index in [0.29, 0.717) is 4.47 Å². The number of aliphatic hydroxyl groups is 1. The van der Waals surface area contributed by atoms with Crippen molar-refractivity contribution in [1.29, 1.82) is 0 Å². The minimum atomic E-state index is -0.708. The molecule has 0 unspecified atom stereocenters. The van der Waals surface area contributed by atoms with Crippen molar-refractivity contribution in [2.45, 2.75) is 31.8 Å². The molecule has 3 heteroatoms. The van der Waals surface area contributed by atoms with Gasteiger partial charge >= 0.3 is 0 Å². The van der Waals surface area contributed by atoms with Gasteiger partial charge in [-0.05, 0) is 65.4 Å². The van der Waals surface area contributed by atoms with Crippen molar-refractivity contribution in [2.24, 2.45) is 0 Å². The molecule has 1 aromatic rings. The van der Waals surface area contributed by atoms with Gasteiger partial charge in [0, 0.05) is 0 Å². The first-order valence-corrected chi connectivity index (χ1v) is 5.51. The molecule has 1 aromatic carbocycles. The topological polar surface area (TPSA) is 20.2 Å². The highest BCUT2D eigenvalue weighted by Gasteiger charge is 2.37. The molecule has 1 N–H and O–H groups in total. The molecule has 0 atom stereocenters. The Morgan fingerprint density at radius 1 is 1.43 bits per heavy atom. The fourth-order valence-electron chi connectivity index (χ4n) is 1.93. The SMILES string of the molecule is Cc1cc(F)c(Br)cc1C1(O)CCC1. The smallest absolute Gasteiger partial charge is 0.137 e. The quantitative estimate of drug-likeness (QED) is 0.820. The Morgan fingerprint density at radius 3 is 2.57 bits per heavy atom. The van der Waals surface area contributed by atoms with Gasteiger partial charge in [-0.25, -0.2) is 4.39 Å². The van der Waals surface area contributed by atoms with Crippen molar-refractivity contribution in [3.8, 4) is 0 Å². The van der Waals surface area contributed by atoms with Crippen molar-refractivity contribution in [3.05, 3.63) is 33.5 Å². The van der Waals surface area contributed by atoms with Gasteiger partial charge in [0.15, 0.2) is 0 Å². The third-order valence-electron chi connectivity index (χ3n) is 2.95. The monoisotopic (exact) mass is 258 g/mol. The summed E-state index contributed by atoms with van der Waals surface area (Å²) >= 11 is 3.14. The molecule has 2 rings (SSSR count). The third kappa shape index (κ3) is 1.48. The summed E-state index contributed by atoms with van der Waals surface area (Å²) in [6.45, 7) is 1.83. The lowest BCUT2D eigenvalue weighted by molar-refractivity contribution is -0.0394. The second kappa shape index (κ2) is 3.31. The van der Waals surface area contributed by atoms with Crippen molar-refractivity contribution < 1.29 is 9.50 Å². The van der Waals surface area contributed by atoms with Crippen LogP contribution in [-0.2, 0) is 5.60 Å². The largest absolute Gasteiger partial charge is 0.385 e. The molecule has 1 aliphatic rings. The molecule has 0 saturated heterocycles. The molecule has 1 nitrogen and oxygen atoms in total. The minimum Gasteiger partial charge on any atom is -0.385 e. The van der Waals surface area contributed by atoms with Crippen LogP contribution in [0.15, 0.2) is 16.6 Å². The molecule has 0 bridgehead atoms. The van der Waals surface area contributed by atoms with Crippen LogP contribution in [0.4, 0.5) is 4.39 Å². The molecule has 0 amide bonds. The Morgan fingerprint density at radius 2 is 2.07 bits per heavy atom. The van der Waals surface area contributed by atoms with E-state index in [1.165, 1.54) is 6.07 Å². The molecular weight excluding hydrogens is 247 g/mol. The van der Waals surface area contributed by atoms with Crippen molar-refractivity contribution in [2.75, 3.05) is 0 Å². The molecule has 0 aromatic heterocycles. The maximum Gasteiger partial charge on any atom is 0.137 e. The number of hydrogen-bond donors (Lipinski definition) is 1. The molecule has 0 aliphatic heterocycles. The second-order valence-corrected chi connectivity index (χ2v) is 4.82. The zero-order valence-electron chi connectivity index (χ0n) is 7.98. The summed E-state index contributed by atoms with van der Waals surface area (Å²) < 4.78 is 13.6. The summed E-state index contributed by atoms with van der Waals surface area (Å²) in [5, 5.41) is 10.1. The van der Waals surface area contributed by atoms with Gasteiger partial charge in [0.2, 0.25) is 0 Å². The van der Waals surface area contributed by atoms with Gasteiger partial charge in [0.1, 0.15) is 5.82 Å². The van der Waals surface area contributed by atoms with Crippen LogP contribution in [0.2, 0.25) is 0 Å². The van der Waals surface area contributed by atoms with Gasteiger partial charge in [0.25, 0.3) is 0 Å². The van der Waals surface area contributed by atoms with E-state index in [4.69, 9.17) is 0 Å². The van der Waals surface area contributed by atoms with Crippen LogP contribution in [0.1, 0.15) is 30.4 Å². The van der Waals surface area contributed by atoms with Crippen molar-refractivity contribution in [1.82, 2.24) is 0 Å². The van der Waals surface area contributed by atoms with E-state index in [0.717, 1.165) is 30.4 Å². The van der Waals surface area contributed by atoms with Gasteiger partial charge in [0.05, 0.1) is 10.1 Å². The molecule has 0 heterocycles. The van der Waals surface area contributed by atoms with Crippen LogP contribution >= 0.6 is 15.9 Å². The first kappa shape index (κ1) is 10.1. The number of aryl methyl sites for hydroxylation is 1. The van der Waals surface area contributed by atoms with Crippen molar-refractivity contribution >= 4 is 15.9 Å². The van der Waals surface area contributed by atoms with E-state index in [9.17, 15) is 9.50 Å². The number of benzene rings is 1. The van der Waals surface area contributed by atoms with E-state index in [1.54, 1.807) is 6.07 Å². The van der Waals surface area contributed by atoms with Crippen LogP contribution in [0.25, 0.3) is 0 Å². The van der Waals surface area contributed by atoms with Gasteiger partial charge in [-0.3, -0.25) is 0 Å². The second-order valence-electron chi connectivity index (χ2n) is 3.97. The fourth-order valence-corrected chi connectivity index (χ4v) is 2.27. The lowest BCUT2D eigenvalue weighted by Gasteiger charge is -2.38. The fraction of sp³-hybridized carbons (Fsp3) is 0.455. The number of rotatable bonds is 1. The van der Waals surface area contributed by atoms with E-state index in [2.05, 4.69) is 15.9 Å². The molecule has 76 valence electrons. The number of halogens is 2. The zero-order chi connectivity index (χ0) is 10.3. The third-order valence-corrected chi connectivity index (χ3v) is 3.56. The maximum absolute atomic E-state index is 13.1. The van der Waals surface area contributed by atoms with E-state index < -0.39 is 5.60 Å². The van der Waals surface area contributed by atoms with Crippen molar-refractivity contribution in [3.63, 3.8) is 0 Å². The summed E-state index contributed by atoms with van der Waals surface area (Å²) in [5.74, 6) is -0.269. The maximum atomic E-state index is 13.1. The van der Waals surface area contributed by atoms with Gasteiger partial charge in [-0.15, -0.1) is 0 Å². The van der Waals surface area contributed by atoms with Gasteiger partial charge in [-0.1, -0.05) is 0 Å². The summed E-state index contributed by atoms with van der Waals surface area (Å²) in [5.41, 5.74) is 0.977. The summed E-state index contributed by atoms with van der Waals surface area (Å²) in [7, 11) is 0. The average Bonchev–Trinajstić information content (AvgIpc) is 2.07. The van der Waals surface area contributed by atoms with Crippen LogP contribution in [0.5, 0.6) is 0 Å². The van der Waals surface area contributed by atoms with Gasteiger partial charge < -0.3 is 5.11 Å². The normalized spacial score (nSPS) is 19.1. The Bertz CT molecular complexity index is 372. The first-order chi connectivity index (χ1) is 6.53. The standard InChI is InChI=1S/C11H12BrFO/c1-7-5-10(13)9(12)6-8(7)11(14)3-2-4-11/h5-6,14H,2-4H2,1H3. The first-order valence-electron chi connectivity index (χ1n) is 4.71. The molecule has 14 heavy (non-hydrogen) atoms. The highest BCUT2D eigenvalue weighted by molar-refractivity contribution is 9.10. The summed E-state index contributed by atoms with van der Waals surface area (Å²) in [6, 6.07) is 3.17. The molecule has 1 saturated carbocycles. The van der Waals surface area contributed by atoms with Crippen LogP contribution in [0.3, 0.4) is 0 Å². The Balaban J connectivity index is 2.48. The molecule has 0 radical (unpaired) electrons. The highest BCUT2D eigenvalue weighted by Crippen LogP contribution is 2.43. The predicted octanol–water partition coefficient (Wildman–Crippen LogP) is 3.27. The Kier molecular flexibility index (Phi) is 2.40. The van der Waals surface area contributed by atoms with E-state index in [1.807, 2.05) is 6.92 Å². The molecular formula is C11H12BrFO. The van der Waals surface area contributed by atoms with E-state index in [-0.39, 0.29) is 5.82 Å². The molecule has 0 spiro atoms. The van der Waals surface area contributed by atoms with Crippen LogP contribution < -0.4 is 0 Å². The van der Waals surface area contributed by atoms with Gasteiger partial charge in [-0.2, -0.15) is 0 Å². The minimum absolute atomic E-state index is 0.269. The Hall–Kier alpha value is -0.410. The number of hydrogen-bond acceptors (Lipinski definition) is 1.